The van der Waals surface area contributed by atoms with Gasteiger partial charge in [0.2, 0.25) is 0 Å². The van der Waals surface area contributed by atoms with Crippen LogP contribution in [0.5, 0.6) is 0 Å². The monoisotopic (exact) mass is 230 g/mol. The predicted molar refractivity (Wildman–Crippen MR) is 69.5 cm³/mol. The molecule has 0 radical (unpaired) electrons. The molecule has 1 unspecified atom stereocenters. The lowest BCUT2D eigenvalue weighted by Gasteiger charge is -2.15. The molecule has 3 N–H and O–H groups in total. The van der Waals surface area contributed by atoms with Gasteiger partial charge in [-0.05, 0) is 23.6 Å². The van der Waals surface area contributed by atoms with Gasteiger partial charge < -0.3 is 5.73 Å². The zero-order valence-electron chi connectivity index (χ0n) is 10.4. The zero-order valence-corrected chi connectivity index (χ0v) is 10.4. The van der Waals surface area contributed by atoms with E-state index in [1.807, 2.05) is 12.1 Å². The Morgan fingerprint density at radius 3 is 2.41 bits per heavy atom. The largest absolute Gasteiger partial charge is 0.382 e. The number of nitrogens with one attached hydrogen (secondary N) is 1. The molecule has 0 spiro atoms. The molecular formula is C13H18N4. The number of rotatable bonds is 3. The van der Waals surface area contributed by atoms with Crippen LogP contribution in [0.3, 0.4) is 0 Å². The van der Waals surface area contributed by atoms with Crippen LogP contribution >= 0.6 is 0 Å². The van der Waals surface area contributed by atoms with Gasteiger partial charge >= 0.3 is 0 Å². The Morgan fingerprint density at radius 2 is 1.82 bits per heavy atom. The summed E-state index contributed by atoms with van der Waals surface area (Å²) >= 11 is 0. The Hall–Kier alpha value is -1.84. The van der Waals surface area contributed by atoms with Crippen LogP contribution in [0.1, 0.15) is 32.4 Å². The molecule has 17 heavy (non-hydrogen) atoms. The highest BCUT2D eigenvalue weighted by Crippen LogP contribution is 2.34. The number of nitrogens with zero attached hydrogens (tertiary/aromatic N) is 2. The third-order valence-corrected chi connectivity index (χ3v) is 3.25. The highest BCUT2D eigenvalue weighted by atomic mass is 15.2. The summed E-state index contributed by atoms with van der Waals surface area (Å²) in [6.07, 6.45) is 3.54. The van der Waals surface area contributed by atoms with Crippen molar-refractivity contribution in [1.29, 1.82) is 0 Å². The summed E-state index contributed by atoms with van der Waals surface area (Å²) in [5, 5.41) is 7.19. The number of hydrogen-bond acceptors (Lipinski definition) is 3. The molecule has 0 aliphatic heterocycles. The van der Waals surface area contributed by atoms with E-state index in [0.717, 1.165) is 16.8 Å². The molecule has 0 amide bonds. The molecule has 2 aromatic heterocycles. The molecule has 0 aromatic carbocycles. The molecule has 2 rings (SSSR count). The fourth-order valence-electron chi connectivity index (χ4n) is 1.86. The van der Waals surface area contributed by atoms with Gasteiger partial charge in [-0.15, -0.1) is 0 Å². The van der Waals surface area contributed by atoms with E-state index in [1.165, 1.54) is 0 Å². The average Bonchev–Trinajstić information content (AvgIpc) is 2.71. The van der Waals surface area contributed by atoms with Crippen LogP contribution in [0.2, 0.25) is 0 Å². The van der Waals surface area contributed by atoms with E-state index in [2.05, 4.69) is 36.0 Å². The maximum absolute atomic E-state index is 5.95. The van der Waals surface area contributed by atoms with E-state index < -0.39 is 0 Å². The Labute approximate surface area is 101 Å². The Balaban J connectivity index is 2.51. The van der Waals surface area contributed by atoms with E-state index in [4.69, 9.17) is 5.73 Å². The average molecular weight is 230 g/mol. The molecule has 0 bridgehead atoms. The molecule has 0 aliphatic rings. The quantitative estimate of drug-likeness (QED) is 0.852. The summed E-state index contributed by atoms with van der Waals surface area (Å²) in [5.74, 6) is 1.48. The van der Waals surface area contributed by atoms with Crippen molar-refractivity contribution >= 4 is 5.82 Å². The van der Waals surface area contributed by atoms with E-state index in [0.29, 0.717) is 17.7 Å². The Morgan fingerprint density at radius 1 is 1.18 bits per heavy atom. The number of hydrogen-bond donors (Lipinski definition) is 2. The van der Waals surface area contributed by atoms with Crippen molar-refractivity contribution in [2.45, 2.75) is 26.7 Å². The molecule has 0 aliphatic carbocycles. The first kappa shape index (κ1) is 11.6. The molecule has 2 heterocycles. The minimum atomic E-state index is 0.392. The van der Waals surface area contributed by atoms with Crippen molar-refractivity contribution in [2.24, 2.45) is 5.92 Å². The van der Waals surface area contributed by atoms with E-state index in [1.54, 1.807) is 12.4 Å². The van der Waals surface area contributed by atoms with Gasteiger partial charge in [-0.1, -0.05) is 20.8 Å². The van der Waals surface area contributed by atoms with Crippen molar-refractivity contribution in [2.75, 3.05) is 5.73 Å². The van der Waals surface area contributed by atoms with Crippen molar-refractivity contribution < 1.29 is 0 Å². The van der Waals surface area contributed by atoms with Gasteiger partial charge in [-0.25, -0.2) is 0 Å². The van der Waals surface area contributed by atoms with Gasteiger partial charge in [-0.3, -0.25) is 10.1 Å². The molecular weight excluding hydrogens is 212 g/mol. The maximum Gasteiger partial charge on any atom is 0.153 e. The Kier molecular flexibility index (Phi) is 3.13. The van der Waals surface area contributed by atoms with E-state index in [-0.39, 0.29) is 0 Å². The van der Waals surface area contributed by atoms with E-state index in [9.17, 15) is 0 Å². The number of nitrogens with two attached hydrogens (primary N) is 1. The van der Waals surface area contributed by atoms with Gasteiger partial charge in [0.1, 0.15) is 0 Å². The third-order valence-electron chi connectivity index (χ3n) is 3.25. The molecule has 0 fully saturated rings. The van der Waals surface area contributed by atoms with Gasteiger partial charge in [0, 0.05) is 29.6 Å². The van der Waals surface area contributed by atoms with E-state index >= 15 is 0 Å². The number of anilines is 1. The van der Waals surface area contributed by atoms with Crippen molar-refractivity contribution in [1.82, 2.24) is 15.2 Å². The lowest BCUT2D eigenvalue weighted by molar-refractivity contribution is 0.523. The van der Waals surface area contributed by atoms with Crippen LogP contribution in [0.4, 0.5) is 5.82 Å². The summed E-state index contributed by atoms with van der Waals surface area (Å²) in [4.78, 5) is 4.02. The second kappa shape index (κ2) is 4.57. The minimum Gasteiger partial charge on any atom is -0.382 e. The smallest absolute Gasteiger partial charge is 0.153 e. The van der Waals surface area contributed by atoms with Crippen LogP contribution in [0.25, 0.3) is 11.1 Å². The second-order valence-electron chi connectivity index (χ2n) is 4.67. The highest BCUT2D eigenvalue weighted by molar-refractivity contribution is 5.76. The summed E-state index contributed by atoms with van der Waals surface area (Å²) < 4.78 is 0. The molecule has 0 saturated carbocycles. The van der Waals surface area contributed by atoms with Crippen LogP contribution in [0.15, 0.2) is 24.5 Å². The fourth-order valence-corrected chi connectivity index (χ4v) is 1.86. The third kappa shape index (κ3) is 2.16. The molecule has 4 nitrogen and oxygen atoms in total. The zero-order chi connectivity index (χ0) is 12.4. The lowest BCUT2D eigenvalue weighted by Crippen LogP contribution is -2.04. The maximum atomic E-state index is 5.95. The van der Waals surface area contributed by atoms with Crippen LogP contribution in [0, 0.1) is 5.92 Å². The first-order valence-corrected chi connectivity index (χ1v) is 5.85. The first-order chi connectivity index (χ1) is 8.11. The van der Waals surface area contributed by atoms with Gasteiger partial charge in [0.25, 0.3) is 0 Å². The van der Waals surface area contributed by atoms with Crippen molar-refractivity contribution in [3.8, 4) is 11.1 Å². The molecule has 2 aromatic rings. The molecule has 4 heteroatoms. The standard InChI is InChI=1S/C13H18N4/c1-8(2)9(3)12-11(13(14)17-16-12)10-4-6-15-7-5-10/h4-9H,1-3H3,(H3,14,16,17). The normalized spacial score (nSPS) is 12.9. The van der Waals surface area contributed by atoms with Crippen LogP contribution in [-0.2, 0) is 0 Å². The molecule has 1 atom stereocenters. The predicted octanol–water partition coefficient (Wildman–Crippen LogP) is 2.81. The highest BCUT2D eigenvalue weighted by Gasteiger charge is 2.20. The summed E-state index contributed by atoms with van der Waals surface area (Å²) in [7, 11) is 0. The van der Waals surface area contributed by atoms with Gasteiger partial charge in [0.05, 0.1) is 0 Å². The number of aromatic amines is 1. The first-order valence-electron chi connectivity index (χ1n) is 5.85. The number of aromatic nitrogens is 3. The molecule has 0 saturated heterocycles. The summed E-state index contributed by atoms with van der Waals surface area (Å²) in [5.41, 5.74) is 9.12. The van der Waals surface area contributed by atoms with Gasteiger partial charge in [0.15, 0.2) is 5.82 Å². The molecule has 90 valence electrons. The summed E-state index contributed by atoms with van der Waals surface area (Å²) in [6.45, 7) is 6.57. The van der Waals surface area contributed by atoms with Gasteiger partial charge in [-0.2, -0.15) is 5.10 Å². The summed E-state index contributed by atoms with van der Waals surface area (Å²) in [6, 6.07) is 3.91. The number of pyridine rings is 1. The van der Waals surface area contributed by atoms with Crippen molar-refractivity contribution in [3.05, 3.63) is 30.2 Å². The van der Waals surface area contributed by atoms with Crippen LogP contribution < -0.4 is 5.73 Å². The van der Waals surface area contributed by atoms with Crippen LogP contribution in [-0.4, -0.2) is 15.2 Å². The minimum absolute atomic E-state index is 0.392. The fraction of sp³-hybridized carbons (Fsp3) is 0.385. The lowest BCUT2D eigenvalue weighted by atomic mass is 9.90. The SMILES string of the molecule is CC(C)C(C)c1[nH]nc(N)c1-c1ccncc1. The number of H-pyrrole nitrogens is 1. The Bertz CT molecular complexity index is 487. The topological polar surface area (TPSA) is 67.6 Å². The second-order valence-corrected chi connectivity index (χ2v) is 4.67. The van der Waals surface area contributed by atoms with Crippen molar-refractivity contribution in [3.63, 3.8) is 0 Å². The number of nitrogen functional groups attached to an aromatic ring is 1.